The Labute approximate surface area is 736 Å². The van der Waals surface area contributed by atoms with Gasteiger partial charge in [0.05, 0.1) is 62.9 Å². The number of carbonyl (C=O) groups excluding carboxylic acids is 6. The van der Waals surface area contributed by atoms with Gasteiger partial charge in [-0.25, -0.2) is 0 Å². The van der Waals surface area contributed by atoms with Gasteiger partial charge >= 0.3 is 0 Å². The summed E-state index contributed by atoms with van der Waals surface area (Å²) in [5.41, 5.74) is 4.32. The van der Waals surface area contributed by atoms with E-state index in [0.717, 1.165) is 146 Å². The molecular weight excluding hydrogens is 1520 g/mol. The van der Waals surface area contributed by atoms with E-state index in [0.29, 0.717) is 137 Å². The average molecular weight is 1680 g/mol. The molecule has 8 aliphatic carbocycles. The van der Waals surface area contributed by atoms with Gasteiger partial charge in [0.2, 0.25) is 17.7 Å². The maximum Gasteiger partial charge on any atom is 0.225 e. The quantitative estimate of drug-likeness (QED) is 0.0280. The van der Waals surface area contributed by atoms with Crippen LogP contribution in [0.3, 0.4) is 0 Å². The lowest BCUT2D eigenvalue weighted by Gasteiger charge is -2.65. The molecule has 15 heteroatoms. The van der Waals surface area contributed by atoms with Gasteiger partial charge in [0.15, 0.2) is 5.78 Å². The molecule has 6 unspecified atom stereocenters. The van der Waals surface area contributed by atoms with Gasteiger partial charge in [-0.15, -0.1) is 0 Å². The molecule has 3 amide bonds. The minimum Gasteiger partial charge on any atom is -0.393 e. The van der Waals surface area contributed by atoms with Crippen molar-refractivity contribution in [2.24, 2.45) is 92.7 Å². The Bertz CT molecular complexity index is 3800. The van der Waals surface area contributed by atoms with Crippen LogP contribution in [0.25, 0.3) is 0 Å². The maximum absolute atomic E-state index is 14.4. The van der Waals surface area contributed by atoms with Crippen LogP contribution in [0.4, 0.5) is 0 Å². The van der Waals surface area contributed by atoms with Gasteiger partial charge in [-0.1, -0.05) is 248 Å². The molecule has 8 saturated carbocycles. The van der Waals surface area contributed by atoms with E-state index >= 15 is 0 Å². The lowest BCUT2D eigenvalue weighted by Crippen LogP contribution is -2.63. The Hall–Kier alpha value is -6.20. The Morgan fingerprint density at radius 2 is 0.852 bits per heavy atom. The summed E-state index contributed by atoms with van der Waals surface area (Å²) in [6, 6.07) is 41.4. The monoisotopic (exact) mass is 1680 g/mol. The van der Waals surface area contributed by atoms with Crippen molar-refractivity contribution in [1.82, 2.24) is 14.7 Å². The first-order valence-corrected chi connectivity index (χ1v) is 48.7. The Kier molecular flexibility index (Phi) is 38.2. The third kappa shape index (κ3) is 25.6. The van der Waals surface area contributed by atoms with Gasteiger partial charge in [-0.3, -0.25) is 28.8 Å². The van der Waals surface area contributed by atoms with Crippen LogP contribution in [0.2, 0.25) is 0 Å². The molecule has 0 aromatic heterocycles. The zero-order valence-corrected chi connectivity index (χ0v) is 77.3. The zero-order valence-electron chi connectivity index (χ0n) is 77.3. The van der Waals surface area contributed by atoms with E-state index in [2.05, 4.69) is 145 Å². The molecule has 0 radical (unpaired) electrons. The molecule has 0 aliphatic heterocycles. The highest BCUT2D eigenvalue weighted by Gasteiger charge is 2.68. The predicted molar refractivity (Wildman–Crippen MR) is 490 cm³/mol. The van der Waals surface area contributed by atoms with Crippen LogP contribution in [0, 0.1) is 92.7 Å². The normalized spacial score (nSPS) is 30.9. The summed E-state index contributed by atoms with van der Waals surface area (Å²) in [6.07, 6.45) is 32.1. The number of unbranched alkanes of at least 4 members (excludes halogenated alkanes) is 10. The number of nitrogens with zero attached hydrogens (tertiary/aromatic N) is 3. The highest BCUT2D eigenvalue weighted by molar-refractivity contribution is 5.86. The van der Waals surface area contributed by atoms with Crippen molar-refractivity contribution in [2.45, 2.75) is 351 Å². The standard InChI is InChI=1S/C64H92N2O7.C39H63NO4.C4H6O/c1-7-8-9-10-11-21-37-65(44-50-22-15-12-16-23-50)60(69)31-28-47(2)55-29-30-56-62-57(43-59(64(55,56)6)73-39-34-49(4)68)63(5)36-32-54(71-38-33-48(3)67)41-53(63)42-58(62)72-40-35-61(70)66(45-51-24-17-13-18-25-51)46-52-26-19-14-20-27-52;1-5-6-7-8-9-13-22-40(26-28-14-11-10-12-15-28)36(44)19-16-27(2)31-17-18-32-37-33(25-35(43)39(31,32)4)38(3)21-20-30(41)23-29(38)24-34(37)42;1-3-4(2)5/h12-20,22-27,47,53-59,62H,7-11,21,28-46H2,1-6H3;10-12,14-15,27,29-35,37,41-43H,5-9,13,16-26H2,1-4H3;3H,1H2,2H3/t47?,53?,54-,55-,56+,57+,58-,59+,62?,63+,64-;27?,29?,30-,31-,32+,33+,34-,35+,37?,38+,39-;/m11./s1. The number of carbonyl (C=O) groups is 6. The van der Waals surface area contributed by atoms with Crippen LogP contribution in [-0.4, -0.2) is 135 Å². The fourth-order valence-electron chi connectivity index (χ4n) is 25.6. The third-order valence-corrected chi connectivity index (χ3v) is 32.6. The summed E-state index contributed by atoms with van der Waals surface area (Å²) in [5, 5.41) is 33.9. The molecule has 8 aliphatic rings. The summed E-state index contributed by atoms with van der Waals surface area (Å²) in [7, 11) is 0. The van der Waals surface area contributed by atoms with E-state index in [1.165, 1.54) is 81.9 Å². The Morgan fingerprint density at radius 3 is 1.33 bits per heavy atom. The lowest BCUT2D eigenvalue weighted by atomic mass is 9.43. The van der Waals surface area contributed by atoms with Crippen molar-refractivity contribution >= 4 is 35.1 Å². The number of rotatable bonds is 43. The summed E-state index contributed by atoms with van der Waals surface area (Å²) < 4.78 is 20.8. The van der Waals surface area contributed by atoms with Gasteiger partial charge in [-0.05, 0) is 252 Å². The fourth-order valence-corrected chi connectivity index (χ4v) is 25.6. The molecule has 12 rings (SSSR count). The highest BCUT2D eigenvalue weighted by Crippen LogP contribution is 2.71. The van der Waals surface area contributed by atoms with Crippen LogP contribution in [0.15, 0.2) is 134 Å². The number of allylic oxidation sites excluding steroid dienone is 1. The third-order valence-electron chi connectivity index (χ3n) is 32.6. The second kappa shape index (κ2) is 47.6. The highest BCUT2D eigenvalue weighted by atomic mass is 16.5. The number of amides is 3. The minimum absolute atomic E-state index is 0.0185. The number of benzene rings is 4. The van der Waals surface area contributed by atoms with Crippen molar-refractivity contribution in [3.63, 3.8) is 0 Å². The molecular formula is C107H161N3O12. The molecule has 4 aromatic rings. The van der Waals surface area contributed by atoms with Crippen LogP contribution < -0.4 is 0 Å². The summed E-state index contributed by atoms with van der Waals surface area (Å²) in [4.78, 5) is 82.7. The number of aliphatic hydroxyl groups is 3. The van der Waals surface area contributed by atoms with Gasteiger partial charge in [-0.2, -0.15) is 0 Å². The van der Waals surface area contributed by atoms with E-state index in [-0.39, 0.29) is 105 Å². The molecule has 0 saturated heterocycles. The van der Waals surface area contributed by atoms with Gasteiger partial charge in [0.25, 0.3) is 0 Å². The van der Waals surface area contributed by atoms with Crippen LogP contribution in [0.5, 0.6) is 0 Å². The second-order valence-corrected chi connectivity index (χ2v) is 40.4. The minimum atomic E-state index is -0.378. The van der Waals surface area contributed by atoms with Crippen molar-refractivity contribution < 1.29 is 58.3 Å². The molecule has 0 spiro atoms. The first-order chi connectivity index (χ1) is 58.7. The van der Waals surface area contributed by atoms with Crippen LogP contribution in [-0.2, 0) is 69.2 Å². The van der Waals surface area contributed by atoms with Crippen molar-refractivity contribution in [3.05, 3.63) is 156 Å². The van der Waals surface area contributed by atoms with E-state index in [1.807, 2.05) is 53.4 Å². The molecule has 22 atom stereocenters. The van der Waals surface area contributed by atoms with Crippen LogP contribution in [0.1, 0.15) is 310 Å². The summed E-state index contributed by atoms with van der Waals surface area (Å²) >= 11 is 0. The molecule has 0 heterocycles. The largest absolute Gasteiger partial charge is 0.393 e. The fraction of sp³-hybridized carbons (Fsp3) is 0.701. The second-order valence-electron chi connectivity index (χ2n) is 40.4. The number of aliphatic hydroxyl groups excluding tert-OH is 3. The first kappa shape index (κ1) is 98.0. The Balaban J connectivity index is 0.000000269. The molecule has 8 fully saturated rings. The van der Waals surface area contributed by atoms with E-state index in [9.17, 15) is 44.1 Å². The van der Waals surface area contributed by atoms with Crippen molar-refractivity contribution in [2.75, 3.05) is 32.9 Å². The molecule has 676 valence electrons. The van der Waals surface area contributed by atoms with E-state index in [4.69, 9.17) is 14.2 Å². The molecule has 0 bridgehead atoms. The number of ketones is 3. The average Bonchev–Trinajstić information content (AvgIpc) is 1.42. The zero-order chi connectivity index (χ0) is 87.6. The van der Waals surface area contributed by atoms with Crippen molar-refractivity contribution in [3.8, 4) is 0 Å². The first-order valence-electron chi connectivity index (χ1n) is 48.7. The maximum atomic E-state index is 14.4. The Morgan fingerprint density at radius 1 is 0.443 bits per heavy atom. The van der Waals surface area contributed by atoms with Gasteiger partial charge < -0.3 is 44.2 Å². The predicted octanol–water partition coefficient (Wildman–Crippen LogP) is 21.9. The number of ether oxygens (including phenoxy) is 3. The number of fused-ring (bicyclic) bond motifs is 10. The SMILES string of the molecule is C=CC(C)=O.CCCCCCCCN(Cc1ccccc1)C(=O)CCC(C)[C@H]1CC[C@H]2C3[C@H](O)CC4C[C@H](O)CC[C@]4(C)[C@H]3C[C@H](O)[C@]12C.CCCCCCCCN(Cc1ccccc1)C(=O)CCC(C)[C@H]1CC[C@H]2C3[C@H](OCCC(=O)N(Cc4ccccc4)Cc4ccccc4)CC4C[C@H](OCCC(C)=O)CC[C@]4(C)[C@H]3C[C@H](OCCC(C)=O)[C@]12C. The lowest BCUT2D eigenvalue weighted by molar-refractivity contribution is -0.227. The van der Waals surface area contributed by atoms with Gasteiger partial charge in [0.1, 0.15) is 11.6 Å². The van der Waals surface area contributed by atoms with Gasteiger partial charge in [0, 0.05) is 70.4 Å². The molecule has 4 aromatic carbocycles. The smallest absolute Gasteiger partial charge is 0.225 e. The van der Waals surface area contributed by atoms with E-state index < -0.39 is 0 Å². The number of hydrogen-bond donors (Lipinski definition) is 3. The molecule has 122 heavy (non-hydrogen) atoms. The molecule has 3 N–H and O–H groups in total. The van der Waals surface area contributed by atoms with Crippen LogP contribution >= 0.6 is 0 Å². The number of Topliss-reactive ketones (excluding diaryl/α,β-unsaturated/α-hetero) is 2. The van der Waals surface area contributed by atoms with Crippen molar-refractivity contribution in [1.29, 1.82) is 0 Å². The number of hydrogen-bond acceptors (Lipinski definition) is 12. The molecule has 15 nitrogen and oxygen atoms in total. The van der Waals surface area contributed by atoms with E-state index in [1.54, 1.807) is 13.8 Å². The summed E-state index contributed by atoms with van der Waals surface area (Å²) in [6.45, 7) is 32.2. The topological polar surface area (TPSA) is 201 Å². The summed E-state index contributed by atoms with van der Waals surface area (Å²) in [5.74, 6) is 4.81.